The number of hydrogen-bond acceptors (Lipinski definition) is 4. The summed E-state index contributed by atoms with van der Waals surface area (Å²) in [6.07, 6.45) is 2.00. The van der Waals surface area contributed by atoms with Gasteiger partial charge in [0.1, 0.15) is 17.3 Å². The van der Waals surface area contributed by atoms with Crippen LogP contribution in [-0.4, -0.2) is 34.2 Å². The summed E-state index contributed by atoms with van der Waals surface area (Å²) in [6, 6.07) is 12.2. The number of piperidine rings is 1. The van der Waals surface area contributed by atoms with E-state index in [1.807, 2.05) is 43.3 Å². The molecule has 0 bridgehead atoms. The fraction of sp³-hybridized carbons (Fsp3) is 0.522. The number of methoxy groups -OCH3 is 1. The third-order valence-electron chi connectivity index (χ3n) is 5.33. The highest BCUT2D eigenvalue weighted by Crippen LogP contribution is 2.33. The largest absolute Gasteiger partial charge is 0.497 e. The van der Waals surface area contributed by atoms with Crippen molar-refractivity contribution in [1.29, 1.82) is 0 Å². The first-order chi connectivity index (χ1) is 13.6. The predicted molar refractivity (Wildman–Crippen MR) is 123 cm³/mol. The molecule has 1 aromatic carbocycles. The van der Waals surface area contributed by atoms with Crippen LogP contribution in [0.5, 0.6) is 5.75 Å². The molecule has 1 saturated heterocycles. The summed E-state index contributed by atoms with van der Waals surface area (Å²) < 4.78 is 11.1. The van der Waals surface area contributed by atoms with E-state index < -0.39 is 0 Å². The van der Waals surface area contributed by atoms with Gasteiger partial charge in [-0.25, -0.2) is 0 Å². The van der Waals surface area contributed by atoms with E-state index in [0.29, 0.717) is 17.7 Å². The van der Waals surface area contributed by atoms with Crippen LogP contribution in [0.4, 0.5) is 5.69 Å². The van der Waals surface area contributed by atoms with E-state index in [-0.39, 0.29) is 11.1 Å². The van der Waals surface area contributed by atoms with E-state index in [1.54, 1.807) is 7.11 Å². The number of furan rings is 1. The van der Waals surface area contributed by atoms with Crippen LogP contribution in [0.15, 0.2) is 40.8 Å². The molecule has 2 N–H and O–H groups in total. The summed E-state index contributed by atoms with van der Waals surface area (Å²) in [4.78, 5) is 2.28. The fourth-order valence-electron chi connectivity index (χ4n) is 4.46. The average Bonchev–Trinajstić information content (AvgIpc) is 3.02. The lowest BCUT2D eigenvalue weighted by atomic mass is 9.79. The number of benzene rings is 1. The molecular weight excluding hydrogens is 382 g/mol. The molecule has 0 spiro atoms. The Hall–Kier alpha value is -2.05. The SMILES string of the molecule is COc1ccc(NC(=S)N(Cc2ccc(C)o2)C2CC(C)(C)NC(C)(C)C2)cc1. The number of nitrogens with one attached hydrogen (secondary N) is 2. The van der Waals surface area contributed by atoms with Gasteiger partial charge in [0, 0.05) is 22.8 Å². The van der Waals surface area contributed by atoms with Crippen molar-refractivity contribution in [3.63, 3.8) is 0 Å². The molecule has 0 atom stereocenters. The van der Waals surface area contributed by atoms with Crippen molar-refractivity contribution in [2.24, 2.45) is 0 Å². The Morgan fingerprint density at radius 2 is 1.76 bits per heavy atom. The molecule has 2 aromatic rings. The Kier molecular flexibility index (Phi) is 6.24. The lowest BCUT2D eigenvalue weighted by Crippen LogP contribution is -2.63. The average molecular weight is 416 g/mol. The molecule has 0 aliphatic carbocycles. The molecule has 0 radical (unpaired) electrons. The molecule has 5 nitrogen and oxygen atoms in total. The molecule has 29 heavy (non-hydrogen) atoms. The Morgan fingerprint density at radius 1 is 1.14 bits per heavy atom. The predicted octanol–water partition coefficient (Wildman–Crippen LogP) is 5.10. The third kappa shape index (κ3) is 5.73. The third-order valence-corrected chi connectivity index (χ3v) is 5.67. The molecule has 6 heteroatoms. The minimum atomic E-state index is 0.0273. The summed E-state index contributed by atoms with van der Waals surface area (Å²) in [5, 5.41) is 7.88. The summed E-state index contributed by atoms with van der Waals surface area (Å²) in [5.74, 6) is 2.67. The highest BCUT2D eigenvalue weighted by atomic mass is 32.1. The van der Waals surface area contributed by atoms with E-state index in [4.69, 9.17) is 21.4 Å². The molecule has 1 aliphatic rings. The van der Waals surface area contributed by atoms with Gasteiger partial charge in [-0.2, -0.15) is 0 Å². The van der Waals surface area contributed by atoms with Crippen molar-refractivity contribution in [2.75, 3.05) is 12.4 Å². The molecule has 0 saturated carbocycles. The first kappa shape index (κ1) is 21.7. The Morgan fingerprint density at radius 3 is 2.28 bits per heavy atom. The topological polar surface area (TPSA) is 49.7 Å². The molecule has 1 aliphatic heterocycles. The molecular formula is C23H33N3O2S. The van der Waals surface area contributed by atoms with Crippen LogP contribution < -0.4 is 15.4 Å². The van der Waals surface area contributed by atoms with Gasteiger partial charge >= 0.3 is 0 Å². The van der Waals surface area contributed by atoms with Gasteiger partial charge in [0.25, 0.3) is 0 Å². The quantitative estimate of drug-likeness (QED) is 0.662. The number of aryl methyl sites for hydroxylation is 1. The Labute approximate surface area is 179 Å². The molecule has 3 rings (SSSR count). The zero-order valence-corrected chi connectivity index (χ0v) is 19.2. The molecule has 2 heterocycles. The normalized spacial score (nSPS) is 18.3. The minimum absolute atomic E-state index is 0.0273. The summed E-state index contributed by atoms with van der Waals surface area (Å²) in [7, 11) is 1.67. The van der Waals surface area contributed by atoms with Crippen molar-refractivity contribution >= 4 is 23.0 Å². The van der Waals surface area contributed by atoms with Crippen LogP contribution >= 0.6 is 12.2 Å². The van der Waals surface area contributed by atoms with Crippen molar-refractivity contribution in [3.05, 3.63) is 47.9 Å². The number of rotatable bonds is 5. The summed E-state index contributed by atoms with van der Waals surface area (Å²) in [5.41, 5.74) is 1.00. The molecule has 0 unspecified atom stereocenters. The van der Waals surface area contributed by atoms with Gasteiger partial charge in [0.05, 0.1) is 13.7 Å². The van der Waals surface area contributed by atoms with Crippen molar-refractivity contribution in [2.45, 2.75) is 71.1 Å². The van der Waals surface area contributed by atoms with Gasteiger partial charge in [-0.15, -0.1) is 0 Å². The lowest BCUT2D eigenvalue weighted by molar-refractivity contribution is 0.0981. The van der Waals surface area contributed by atoms with Crippen LogP contribution in [-0.2, 0) is 6.54 Å². The van der Waals surface area contributed by atoms with E-state index in [0.717, 1.165) is 35.8 Å². The summed E-state index contributed by atoms with van der Waals surface area (Å²) in [6.45, 7) is 11.7. The molecule has 1 fully saturated rings. The van der Waals surface area contributed by atoms with Crippen LogP contribution in [0.25, 0.3) is 0 Å². The number of nitrogens with zero attached hydrogens (tertiary/aromatic N) is 1. The van der Waals surface area contributed by atoms with Gasteiger partial charge in [-0.1, -0.05) is 0 Å². The zero-order chi connectivity index (χ0) is 21.2. The molecule has 0 amide bonds. The lowest BCUT2D eigenvalue weighted by Gasteiger charge is -2.50. The second kappa shape index (κ2) is 8.36. The van der Waals surface area contributed by atoms with E-state index in [1.165, 1.54) is 0 Å². The Bertz CT molecular complexity index is 826. The van der Waals surface area contributed by atoms with E-state index >= 15 is 0 Å². The van der Waals surface area contributed by atoms with Crippen LogP contribution in [0.2, 0.25) is 0 Å². The monoisotopic (exact) mass is 415 g/mol. The first-order valence-electron chi connectivity index (χ1n) is 10.1. The smallest absolute Gasteiger partial charge is 0.174 e. The fourth-order valence-corrected chi connectivity index (χ4v) is 4.79. The number of thiocarbonyl (C=S) groups is 1. The van der Waals surface area contributed by atoms with Crippen LogP contribution in [0.1, 0.15) is 52.1 Å². The molecule has 158 valence electrons. The van der Waals surface area contributed by atoms with Gasteiger partial charge in [0.2, 0.25) is 0 Å². The number of hydrogen-bond donors (Lipinski definition) is 2. The highest BCUT2D eigenvalue weighted by Gasteiger charge is 2.40. The standard InChI is InChI=1S/C23H33N3O2S/c1-16-7-10-20(28-16)15-26(18-13-22(2,3)25-23(4,5)14-18)21(29)24-17-8-11-19(27-6)12-9-17/h7-12,18,25H,13-15H2,1-6H3,(H,24,29). The van der Waals surface area contributed by atoms with Gasteiger partial charge in [0.15, 0.2) is 5.11 Å². The van der Waals surface area contributed by atoms with Gasteiger partial charge in [-0.3, -0.25) is 0 Å². The van der Waals surface area contributed by atoms with E-state index in [9.17, 15) is 0 Å². The highest BCUT2D eigenvalue weighted by molar-refractivity contribution is 7.80. The maximum atomic E-state index is 5.88. The second-order valence-corrected chi connectivity index (χ2v) is 9.64. The zero-order valence-electron chi connectivity index (χ0n) is 18.3. The maximum Gasteiger partial charge on any atom is 0.174 e. The van der Waals surface area contributed by atoms with Crippen molar-refractivity contribution in [1.82, 2.24) is 10.2 Å². The van der Waals surface area contributed by atoms with Crippen molar-refractivity contribution in [3.8, 4) is 5.75 Å². The second-order valence-electron chi connectivity index (χ2n) is 9.25. The molecule has 1 aromatic heterocycles. The van der Waals surface area contributed by atoms with Crippen LogP contribution in [0, 0.1) is 6.92 Å². The Balaban J connectivity index is 1.84. The van der Waals surface area contributed by atoms with E-state index in [2.05, 4.69) is 43.2 Å². The maximum absolute atomic E-state index is 5.88. The summed E-state index contributed by atoms with van der Waals surface area (Å²) >= 11 is 5.88. The van der Waals surface area contributed by atoms with Gasteiger partial charge < -0.3 is 24.7 Å². The van der Waals surface area contributed by atoms with Crippen LogP contribution in [0.3, 0.4) is 0 Å². The van der Waals surface area contributed by atoms with Crippen molar-refractivity contribution < 1.29 is 9.15 Å². The first-order valence-corrected chi connectivity index (χ1v) is 10.5. The number of anilines is 1. The minimum Gasteiger partial charge on any atom is -0.497 e. The number of ether oxygens (including phenoxy) is 1. The van der Waals surface area contributed by atoms with Gasteiger partial charge in [-0.05, 0) is 96.1 Å².